The van der Waals surface area contributed by atoms with E-state index in [2.05, 4.69) is 52.1 Å². The number of esters is 1. The first-order valence-corrected chi connectivity index (χ1v) is 9.14. The lowest BCUT2D eigenvalue weighted by Gasteiger charge is -2.27. The largest absolute Gasteiger partial charge is 0.469 e. The smallest absolute Gasteiger partial charge is 0.307 e. The first kappa shape index (κ1) is 18.4. The molecule has 1 aliphatic heterocycles. The summed E-state index contributed by atoms with van der Waals surface area (Å²) in [6.07, 6.45) is 6.30. The lowest BCUT2D eigenvalue weighted by Crippen LogP contribution is -2.31. The van der Waals surface area contributed by atoms with Gasteiger partial charge in [0.05, 0.1) is 31.3 Å². The molecule has 138 valence electrons. The Labute approximate surface area is 159 Å². The van der Waals surface area contributed by atoms with Crippen molar-refractivity contribution in [2.75, 3.05) is 13.7 Å². The van der Waals surface area contributed by atoms with Crippen LogP contribution in [-0.2, 0) is 9.53 Å². The first-order valence-electron chi connectivity index (χ1n) is 8.73. The fourth-order valence-electron chi connectivity index (χ4n) is 3.25. The predicted octanol–water partition coefficient (Wildman–Crippen LogP) is 3.00. The van der Waals surface area contributed by atoms with E-state index in [4.69, 9.17) is 17.0 Å². The third-order valence-corrected chi connectivity index (χ3v) is 5.01. The molecule has 1 saturated heterocycles. The van der Waals surface area contributed by atoms with Crippen LogP contribution in [-0.4, -0.2) is 39.2 Å². The molecule has 2 atom stereocenters. The number of thiocarbonyl (C=S) groups is 1. The summed E-state index contributed by atoms with van der Waals surface area (Å²) in [5.74, 6) is -0.243. The van der Waals surface area contributed by atoms with Gasteiger partial charge in [0, 0.05) is 31.2 Å². The molecule has 1 fully saturated rings. The number of methoxy groups -OCH3 is 1. The minimum atomic E-state index is -0.243. The lowest BCUT2D eigenvalue weighted by atomic mass is 9.99. The SMILES string of the molecule is COC(=O)CCN1C(=S)N[C@@H](c2ccccn2)[C@H]1c1ccn(C(C)C)c1. The average Bonchev–Trinajstić information content (AvgIpc) is 3.25. The highest BCUT2D eigenvalue weighted by Gasteiger charge is 2.40. The fourth-order valence-corrected chi connectivity index (χ4v) is 3.58. The standard InChI is InChI=1S/C19H24N4O2S/c1-13(2)22-10-7-14(12-22)18-17(15-6-4-5-9-20-15)21-19(26)23(18)11-8-16(24)25-3/h4-7,9-10,12-13,17-18H,8,11H2,1-3H3,(H,21,26)/t17-,18+/m0/s1. The summed E-state index contributed by atoms with van der Waals surface area (Å²) >= 11 is 5.57. The molecular weight excluding hydrogens is 348 g/mol. The molecule has 1 aliphatic rings. The van der Waals surface area contributed by atoms with Gasteiger partial charge in [-0.1, -0.05) is 6.07 Å². The third kappa shape index (κ3) is 3.72. The van der Waals surface area contributed by atoms with Gasteiger partial charge < -0.3 is 19.5 Å². The van der Waals surface area contributed by atoms with Gasteiger partial charge >= 0.3 is 5.97 Å². The Morgan fingerprint density at radius 1 is 1.38 bits per heavy atom. The van der Waals surface area contributed by atoms with Gasteiger partial charge in [-0.3, -0.25) is 9.78 Å². The maximum absolute atomic E-state index is 11.6. The van der Waals surface area contributed by atoms with Gasteiger partial charge in [-0.05, 0) is 49.8 Å². The number of carbonyl (C=O) groups is 1. The van der Waals surface area contributed by atoms with E-state index in [-0.39, 0.29) is 24.5 Å². The number of nitrogens with one attached hydrogen (secondary N) is 1. The lowest BCUT2D eigenvalue weighted by molar-refractivity contribution is -0.140. The van der Waals surface area contributed by atoms with E-state index in [9.17, 15) is 4.79 Å². The van der Waals surface area contributed by atoms with Crippen molar-refractivity contribution in [3.8, 4) is 0 Å². The topological polar surface area (TPSA) is 59.4 Å². The molecule has 0 amide bonds. The highest BCUT2D eigenvalue weighted by Crippen LogP contribution is 2.38. The second kappa shape index (κ2) is 7.86. The van der Waals surface area contributed by atoms with Crippen LogP contribution in [0, 0.1) is 0 Å². The van der Waals surface area contributed by atoms with Crippen molar-refractivity contribution in [1.29, 1.82) is 0 Å². The zero-order chi connectivity index (χ0) is 18.7. The molecule has 0 unspecified atom stereocenters. The van der Waals surface area contributed by atoms with E-state index >= 15 is 0 Å². The summed E-state index contributed by atoms with van der Waals surface area (Å²) in [6, 6.07) is 8.27. The summed E-state index contributed by atoms with van der Waals surface area (Å²) < 4.78 is 6.96. The zero-order valence-corrected chi connectivity index (χ0v) is 16.1. The Bertz CT molecular complexity index is 775. The summed E-state index contributed by atoms with van der Waals surface area (Å²) in [7, 11) is 1.40. The van der Waals surface area contributed by atoms with Gasteiger partial charge in [-0.15, -0.1) is 0 Å². The van der Waals surface area contributed by atoms with Crippen LogP contribution < -0.4 is 5.32 Å². The number of hydrogen-bond acceptors (Lipinski definition) is 4. The minimum Gasteiger partial charge on any atom is -0.469 e. The van der Waals surface area contributed by atoms with E-state index in [0.717, 1.165) is 11.3 Å². The molecular formula is C19H24N4O2S. The second-order valence-corrected chi connectivity index (χ2v) is 7.02. The van der Waals surface area contributed by atoms with Gasteiger partial charge in [-0.2, -0.15) is 0 Å². The van der Waals surface area contributed by atoms with E-state index in [1.54, 1.807) is 6.20 Å². The first-order chi connectivity index (χ1) is 12.5. The maximum Gasteiger partial charge on any atom is 0.307 e. The Morgan fingerprint density at radius 3 is 2.81 bits per heavy atom. The van der Waals surface area contributed by atoms with Gasteiger partial charge in [0.1, 0.15) is 0 Å². The number of carbonyl (C=O) groups excluding carboxylic acids is 1. The number of ether oxygens (including phenoxy) is 1. The Hall–Kier alpha value is -2.41. The van der Waals surface area contributed by atoms with Crippen LogP contribution in [0.25, 0.3) is 0 Å². The quantitative estimate of drug-likeness (QED) is 0.621. The monoisotopic (exact) mass is 372 g/mol. The molecule has 2 aromatic heterocycles. The maximum atomic E-state index is 11.6. The molecule has 0 radical (unpaired) electrons. The van der Waals surface area contributed by atoms with Crippen molar-refractivity contribution >= 4 is 23.3 Å². The third-order valence-electron chi connectivity index (χ3n) is 4.66. The summed E-state index contributed by atoms with van der Waals surface area (Å²) in [6.45, 7) is 4.79. The highest BCUT2D eigenvalue weighted by atomic mass is 32.1. The van der Waals surface area contributed by atoms with E-state index in [1.807, 2.05) is 18.2 Å². The number of aromatic nitrogens is 2. The van der Waals surface area contributed by atoms with Gasteiger partial charge in [0.25, 0.3) is 0 Å². The molecule has 3 heterocycles. The molecule has 2 aromatic rings. The summed E-state index contributed by atoms with van der Waals surface area (Å²) in [5.41, 5.74) is 2.07. The highest BCUT2D eigenvalue weighted by molar-refractivity contribution is 7.80. The van der Waals surface area contributed by atoms with Crippen molar-refractivity contribution in [2.24, 2.45) is 0 Å². The number of nitrogens with zero attached hydrogens (tertiary/aromatic N) is 3. The van der Waals surface area contributed by atoms with Crippen molar-refractivity contribution < 1.29 is 9.53 Å². The van der Waals surface area contributed by atoms with Crippen LogP contribution in [0.3, 0.4) is 0 Å². The number of pyridine rings is 1. The van der Waals surface area contributed by atoms with Crippen LogP contribution in [0.2, 0.25) is 0 Å². The van der Waals surface area contributed by atoms with Gasteiger partial charge in [-0.25, -0.2) is 0 Å². The molecule has 6 nitrogen and oxygen atoms in total. The molecule has 26 heavy (non-hydrogen) atoms. The minimum absolute atomic E-state index is 0.0259. The van der Waals surface area contributed by atoms with E-state index in [1.165, 1.54) is 7.11 Å². The van der Waals surface area contributed by atoms with Gasteiger partial charge in [0.15, 0.2) is 5.11 Å². The van der Waals surface area contributed by atoms with Crippen LogP contribution >= 0.6 is 12.2 Å². The molecule has 7 heteroatoms. The Balaban J connectivity index is 1.94. The van der Waals surface area contributed by atoms with Gasteiger partial charge in [0.2, 0.25) is 0 Å². The molecule has 0 saturated carbocycles. The van der Waals surface area contributed by atoms with Crippen molar-refractivity contribution in [1.82, 2.24) is 19.8 Å². The summed E-state index contributed by atoms with van der Waals surface area (Å²) in [4.78, 5) is 18.2. The summed E-state index contributed by atoms with van der Waals surface area (Å²) in [5, 5.41) is 4.01. The van der Waals surface area contributed by atoms with Crippen LogP contribution in [0.1, 0.15) is 49.7 Å². The van der Waals surface area contributed by atoms with E-state index in [0.29, 0.717) is 17.7 Å². The Kier molecular flexibility index (Phi) is 5.56. The molecule has 0 aliphatic carbocycles. The predicted molar refractivity (Wildman–Crippen MR) is 104 cm³/mol. The van der Waals surface area contributed by atoms with Crippen LogP contribution in [0.5, 0.6) is 0 Å². The number of rotatable bonds is 6. The van der Waals surface area contributed by atoms with E-state index < -0.39 is 0 Å². The second-order valence-electron chi connectivity index (χ2n) is 6.63. The normalized spacial score (nSPS) is 19.7. The number of hydrogen-bond donors (Lipinski definition) is 1. The molecule has 0 bridgehead atoms. The molecule has 1 N–H and O–H groups in total. The molecule has 0 aromatic carbocycles. The zero-order valence-electron chi connectivity index (χ0n) is 15.3. The van der Waals surface area contributed by atoms with Crippen molar-refractivity contribution in [3.63, 3.8) is 0 Å². The fraction of sp³-hybridized carbons (Fsp3) is 0.421. The van der Waals surface area contributed by atoms with Crippen LogP contribution in [0.15, 0.2) is 42.9 Å². The average molecular weight is 372 g/mol. The molecule has 3 rings (SSSR count). The van der Waals surface area contributed by atoms with Crippen molar-refractivity contribution in [2.45, 2.75) is 38.4 Å². The van der Waals surface area contributed by atoms with Crippen molar-refractivity contribution in [3.05, 3.63) is 54.1 Å². The Morgan fingerprint density at radius 2 is 2.19 bits per heavy atom. The molecule has 0 spiro atoms. The van der Waals surface area contributed by atoms with Crippen LogP contribution in [0.4, 0.5) is 0 Å².